The predicted molar refractivity (Wildman–Crippen MR) is 89.1 cm³/mol. The topological polar surface area (TPSA) is 117 Å². The van der Waals surface area contributed by atoms with E-state index < -0.39 is 72.0 Å². The van der Waals surface area contributed by atoms with Crippen LogP contribution >= 0.6 is 0 Å². The van der Waals surface area contributed by atoms with Gasteiger partial charge in [-0.1, -0.05) is 0 Å². The van der Waals surface area contributed by atoms with E-state index in [2.05, 4.69) is 15.4 Å². The number of aliphatic hydroxyl groups excluding tert-OH is 1. The van der Waals surface area contributed by atoms with Crippen molar-refractivity contribution in [3.8, 4) is 5.75 Å². The smallest absolute Gasteiger partial charge is 0.305 e. The zero-order valence-corrected chi connectivity index (χ0v) is 15.1. The van der Waals surface area contributed by atoms with Gasteiger partial charge in [0, 0.05) is 25.1 Å². The first kappa shape index (κ1) is 23.0. The molecular formula is C17H20F4N2O6. The molecule has 1 fully saturated rings. The van der Waals surface area contributed by atoms with Crippen molar-refractivity contribution in [1.82, 2.24) is 10.6 Å². The number of ketones is 1. The van der Waals surface area contributed by atoms with E-state index in [1.165, 1.54) is 0 Å². The number of rotatable bonds is 9. The summed E-state index contributed by atoms with van der Waals surface area (Å²) in [6.07, 6.45) is -2.11. The maximum absolute atomic E-state index is 13.6. The van der Waals surface area contributed by atoms with Gasteiger partial charge in [0.1, 0.15) is 12.8 Å². The van der Waals surface area contributed by atoms with Gasteiger partial charge in [0.2, 0.25) is 11.6 Å². The molecule has 3 atom stereocenters. The zero-order valence-electron chi connectivity index (χ0n) is 15.1. The number of Topliss-reactive ketones (excluding diaryl/α,β-unsaturated/α-hetero) is 1. The number of hydrogen-bond acceptors (Lipinski definition) is 7. The van der Waals surface area contributed by atoms with Gasteiger partial charge in [-0.25, -0.2) is 8.78 Å². The number of carbonyl (C=O) groups is 2. The van der Waals surface area contributed by atoms with Gasteiger partial charge in [0.05, 0.1) is 25.7 Å². The van der Waals surface area contributed by atoms with Crippen molar-refractivity contribution in [2.75, 3.05) is 32.9 Å². The Morgan fingerprint density at radius 2 is 1.93 bits per heavy atom. The fraction of sp³-hybridized carbons (Fsp3) is 0.529. The molecule has 1 unspecified atom stereocenters. The molecule has 1 saturated heterocycles. The number of ether oxygens (including phenoxy) is 2. The SMILES string of the molecule is O=C(O)C[C@H](NC(O)[C@@H]1CNCCOC1)C(=O)COc1c(F)c(F)cc(F)c1F. The molecule has 0 amide bonds. The Morgan fingerprint density at radius 1 is 1.28 bits per heavy atom. The van der Waals surface area contributed by atoms with Crippen LogP contribution in [0, 0.1) is 29.2 Å². The molecule has 1 aromatic rings. The van der Waals surface area contributed by atoms with Crippen molar-refractivity contribution in [3.63, 3.8) is 0 Å². The highest BCUT2D eigenvalue weighted by Gasteiger charge is 2.30. The van der Waals surface area contributed by atoms with E-state index in [1.54, 1.807) is 0 Å². The first-order chi connectivity index (χ1) is 13.7. The third-order valence-electron chi connectivity index (χ3n) is 4.18. The van der Waals surface area contributed by atoms with Gasteiger partial charge in [0.25, 0.3) is 0 Å². The summed E-state index contributed by atoms with van der Waals surface area (Å²) in [4.78, 5) is 23.3. The quantitative estimate of drug-likeness (QED) is 0.252. The third-order valence-corrected chi connectivity index (χ3v) is 4.18. The molecule has 29 heavy (non-hydrogen) atoms. The normalized spacial score (nSPS) is 19.3. The van der Waals surface area contributed by atoms with Gasteiger partial charge in [0.15, 0.2) is 23.2 Å². The van der Waals surface area contributed by atoms with Crippen LogP contribution in [0.15, 0.2) is 6.07 Å². The van der Waals surface area contributed by atoms with Crippen LogP contribution in [0.3, 0.4) is 0 Å². The summed E-state index contributed by atoms with van der Waals surface area (Å²) >= 11 is 0. The second-order valence-corrected chi connectivity index (χ2v) is 6.35. The number of halogens is 4. The van der Waals surface area contributed by atoms with E-state index in [0.717, 1.165) is 0 Å². The Balaban J connectivity index is 2.06. The van der Waals surface area contributed by atoms with E-state index in [4.69, 9.17) is 9.84 Å². The number of aliphatic carboxylic acids is 1. The zero-order chi connectivity index (χ0) is 21.6. The minimum atomic E-state index is -1.83. The van der Waals surface area contributed by atoms with Crippen LogP contribution in [-0.4, -0.2) is 67.1 Å². The predicted octanol–water partition coefficient (Wildman–Crippen LogP) is 0.178. The summed E-state index contributed by atoms with van der Waals surface area (Å²) in [5.74, 6) is -11.4. The monoisotopic (exact) mass is 424 g/mol. The van der Waals surface area contributed by atoms with Crippen molar-refractivity contribution in [1.29, 1.82) is 0 Å². The highest BCUT2D eigenvalue weighted by atomic mass is 19.2. The summed E-state index contributed by atoms with van der Waals surface area (Å²) in [6, 6.07) is -1.51. The fourth-order valence-corrected chi connectivity index (χ4v) is 2.63. The van der Waals surface area contributed by atoms with E-state index >= 15 is 0 Å². The van der Waals surface area contributed by atoms with Crippen molar-refractivity contribution in [2.45, 2.75) is 18.7 Å². The first-order valence-electron chi connectivity index (χ1n) is 8.63. The first-order valence-corrected chi connectivity index (χ1v) is 8.63. The molecule has 1 aromatic carbocycles. The lowest BCUT2D eigenvalue weighted by Crippen LogP contribution is -2.51. The van der Waals surface area contributed by atoms with E-state index in [-0.39, 0.29) is 12.7 Å². The van der Waals surface area contributed by atoms with Crippen LogP contribution in [0.2, 0.25) is 0 Å². The molecule has 1 heterocycles. The summed E-state index contributed by atoms with van der Waals surface area (Å²) in [5.41, 5.74) is 0. The molecular weight excluding hydrogens is 404 g/mol. The number of carbonyl (C=O) groups excluding carboxylic acids is 1. The molecule has 12 heteroatoms. The number of nitrogens with one attached hydrogen (secondary N) is 2. The van der Waals surface area contributed by atoms with Gasteiger partial charge >= 0.3 is 5.97 Å². The lowest BCUT2D eigenvalue weighted by Gasteiger charge is -2.26. The Labute approximate surface area is 162 Å². The molecule has 0 bridgehead atoms. The largest absolute Gasteiger partial charge is 0.481 e. The van der Waals surface area contributed by atoms with E-state index in [1.807, 2.05) is 0 Å². The third kappa shape index (κ3) is 6.35. The molecule has 1 aliphatic rings. The molecule has 8 nitrogen and oxygen atoms in total. The average Bonchev–Trinajstić information content (AvgIpc) is 2.95. The summed E-state index contributed by atoms with van der Waals surface area (Å²) < 4.78 is 63.4. The number of hydrogen-bond donors (Lipinski definition) is 4. The summed E-state index contributed by atoms with van der Waals surface area (Å²) in [5, 5.41) is 24.6. The number of aliphatic hydroxyl groups is 1. The van der Waals surface area contributed by atoms with Gasteiger partial charge in [-0.3, -0.25) is 14.9 Å². The highest BCUT2D eigenvalue weighted by Crippen LogP contribution is 2.26. The summed E-state index contributed by atoms with van der Waals surface area (Å²) in [7, 11) is 0. The second-order valence-electron chi connectivity index (χ2n) is 6.35. The molecule has 2 rings (SSSR count). The van der Waals surface area contributed by atoms with Crippen LogP contribution in [0.4, 0.5) is 17.6 Å². The molecule has 4 N–H and O–H groups in total. The molecule has 0 aliphatic carbocycles. The van der Waals surface area contributed by atoms with E-state index in [9.17, 15) is 32.3 Å². The van der Waals surface area contributed by atoms with Gasteiger partial charge in [-0.05, 0) is 0 Å². The molecule has 0 saturated carbocycles. The van der Waals surface area contributed by atoms with Crippen LogP contribution < -0.4 is 15.4 Å². The van der Waals surface area contributed by atoms with Crippen molar-refractivity contribution in [2.24, 2.45) is 5.92 Å². The molecule has 162 valence electrons. The minimum absolute atomic E-state index is 0.0205. The van der Waals surface area contributed by atoms with Crippen LogP contribution in [0.25, 0.3) is 0 Å². The number of carboxylic acids is 1. The van der Waals surface area contributed by atoms with Gasteiger partial charge in [-0.2, -0.15) is 8.78 Å². The van der Waals surface area contributed by atoms with Crippen molar-refractivity contribution < 1.29 is 46.8 Å². The second kappa shape index (κ2) is 10.5. The van der Waals surface area contributed by atoms with Gasteiger partial charge < -0.3 is 25.0 Å². The van der Waals surface area contributed by atoms with Crippen LogP contribution in [0.5, 0.6) is 5.75 Å². The molecule has 0 spiro atoms. The molecule has 0 aromatic heterocycles. The average molecular weight is 424 g/mol. The maximum atomic E-state index is 13.6. The standard InChI is InChI=1S/C17H20F4N2O6/c18-9-3-10(19)15(21)16(14(9)20)29-7-12(24)11(4-13(25)26)23-17(27)8-5-22-1-2-28-6-8/h3,8,11,17,22-23,27H,1-2,4-7H2,(H,25,26)/t8-,11+,17?/m1/s1. The maximum Gasteiger partial charge on any atom is 0.305 e. The van der Waals surface area contributed by atoms with Crippen molar-refractivity contribution >= 4 is 11.8 Å². The Bertz CT molecular complexity index is 717. The number of carboxylic acid groups (broad SMARTS) is 1. The Kier molecular flexibility index (Phi) is 8.32. The number of benzene rings is 1. The highest BCUT2D eigenvalue weighted by molar-refractivity contribution is 5.89. The van der Waals surface area contributed by atoms with Gasteiger partial charge in [-0.15, -0.1) is 0 Å². The minimum Gasteiger partial charge on any atom is -0.481 e. The Morgan fingerprint density at radius 3 is 2.55 bits per heavy atom. The van der Waals surface area contributed by atoms with E-state index in [0.29, 0.717) is 19.7 Å². The lowest BCUT2D eigenvalue weighted by atomic mass is 10.1. The lowest BCUT2D eigenvalue weighted by molar-refractivity contribution is -0.140. The van der Waals surface area contributed by atoms with Crippen molar-refractivity contribution in [3.05, 3.63) is 29.3 Å². The molecule has 0 radical (unpaired) electrons. The molecule has 1 aliphatic heterocycles. The Hall–Kier alpha value is -2.28. The van der Waals surface area contributed by atoms with Crippen LogP contribution in [-0.2, 0) is 14.3 Å². The fourth-order valence-electron chi connectivity index (χ4n) is 2.63. The summed E-state index contributed by atoms with van der Waals surface area (Å²) in [6.45, 7) is 0.349. The van der Waals surface area contributed by atoms with Crippen LogP contribution in [0.1, 0.15) is 6.42 Å².